The summed E-state index contributed by atoms with van der Waals surface area (Å²) in [4.78, 5) is 0. The minimum atomic E-state index is -3.15. The fourth-order valence-electron chi connectivity index (χ4n) is 3.20. The lowest BCUT2D eigenvalue weighted by molar-refractivity contribution is 0.323. The summed E-state index contributed by atoms with van der Waals surface area (Å²) < 4.78 is 26.8. The topological polar surface area (TPSA) is 58.2 Å². The summed E-state index contributed by atoms with van der Waals surface area (Å²) in [7, 11) is -3.15. The van der Waals surface area contributed by atoms with Gasteiger partial charge in [-0.15, -0.1) is 0 Å². The molecule has 1 fully saturated rings. The van der Waals surface area contributed by atoms with Crippen LogP contribution in [-0.2, 0) is 15.4 Å². The lowest BCUT2D eigenvalue weighted by Gasteiger charge is -2.30. The Kier molecular flexibility index (Phi) is 6.55. The number of hydrogen-bond acceptors (Lipinski definition) is 3. The molecule has 1 aliphatic carbocycles. The minimum absolute atomic E-state index is 0.106. The highest BCUT2D eigenvalue weighted by Crippen LogP contribution is 2.27. The van der Waals surface area contributed by atoms with Crippen LogP contribution >= 0.6 is 0 Å². The van der Waals surface area contributed by atoms with Crippen LogP contribution in [0.3, 0.4) is 0 Å². The Labute approximate surface area is 153 Å². The second-order valence-electron chi connectivity index (χ2n) is 8.64. The zero-order chi connectivity index (χ0) is 18.7. The van der Waals surface area contributed by atoms with Gasteiger partial charge in [0.1, 0.15) is 0 Å². The van der Waals surface area contributed by atoms with E-state index >= 15 is 0 Å². The standard InChI is InChI=1S/C20H34N2O2S/c1-15(2)25(23,24)22-19-10-6-16(7-11-19)14-21-18-12-8-17(9-13-18)20(3,4)5/h8-9,12-13,15-16,19,21-22H,6-7,10-11,14H2,1-5H3/t16-,19-. The molecule has 1 aliphatic rings. The van der Waals surface area contributed by atoms with Crippen molar-refractivity contribution in [3.63, 3.8) is 0 Å². The van der Waals surface area contributed by atoms with Gasteiger partial charge in [0.15, 0.2) is 0 Å². The zero-order valence-electron chi connectivity index (χ0n) is 16.3. The fraction of sp³-hybridized carbons (Fsp3) is 0.700. The molecule has 0 heterocycles. The van der Waals surface area contributed by atoms with Crippen molar-refractivity contribution < 1.29 is 8.42 Å². The van der Waals surface area contributed by atoms with Gasteiger partial charge >= 0.3 is 0 Å². The van der Waals surface area contributed by atoms with E-state index < -0.39 is 10.0 Å². The third-order valence-corrected chi connectivity index (χ3v) is 7.05. The summed E-state index contributed by atoms with van der Waals surface area (Å²) in [6, 6.07) is 8.81. The molecule has 0 saturated heterocycles. The first kappa shape index (κ1) is 20.2. The SMILES string of the molecule is CC(C)S(=O)(=O)N[C@H]1CC[C@H](CNc2ccc(C(C)(C)C)cc2)CC1. The van der Waals surface area contributed by atoms with Crippen molar-refractivity contribution in [2.24, 2.45) is 5.92 Å². The summed E-state index contributed by atoms with van der Waals surface area (Å²) in [5.74, 6) is 0.613. The third kappa shape index (κ3) is 6.00. The van der Waals surface area contributed by atoms with Crippen LogP contribution in [0.25, 0.3) is 0 Å². The van der Waals surface area contributed by atoms with E-state index in [0.29, 0.717) is 5.92 Å². The highest BCUT2D eigenvalue weighted by atomic mass is 32.2. The lowest BCUT2D eigenvalue weighted by atomic mass is 9.86. The van der Waals surface area contributed by atoms with Crippen LogP contribution in [0.15, 0.2) is 24.3 Å². The van der Waals surface area contributed by atoms with Crippen LogP contribution in [0.4, 0.5) is 5.69 Å². The molecule has 5 heteroatoms. The molecule has 0 spiro atoms. The number of nitrogens with one attached hydrogen (secondary N) is 2. The van der Waals surface area contributed by atoms with Gasteiger partial charge in [-0.25, -0.2) is 13.1 Å². The summed E-state index contributed by atoms with van der Waals surface area (Å²) in [5, 5.41) is 3.18. The van der Waals surface area contributed by atoms with Crippen LogP contribution < -0.4 is 10.0 Å². The minimum Gasteiger partial charge on any atom is -0.385 e. The van der Waals surface area contributed by atoms with E-state index in [0.717, 1.165) is 37.9 Å². The van der Waals surface area contributed by atoms with Gasteiger partial charge < -0.3 is 5.32 Å². The third-order valence-electron chi connectivity index (χ3n) is 5.14. The van der Waals surface area contributed by atoms with Crippen molar-refractivity contribution in [3.05, 3.63) is 29.8 Å². The quantitative estimate of drug-likeness (QED) is 0.790. The molecular formula is C20H34N2O2S. The summed E-state index contributed by atoms with van der Waals surface area (Å²) in [5.41, 5.74) is 2.69. The van der Waals surface area contributed by atoms with Crippen molar-refractivity contribution in [1.82, 2.24) is 4.72 Å². The molecule has 1 aromatic carbocycles. The Morgan fingerprint density at radius 1 is 1.04 bits per heavy atom. The van der Waals surface area contributed by atoms with Gasteiger partial charge in [-0.3, -0.25) is 0 Å². The number of hydrogen-bond donors (Lipinski definition) is 2. The lowest BCUT2D eigenvalue weighted by Crippen LogP contribution is -2.41. The van der Waals surface area contributed by atoms with Gasteiger partial charge in [0.25, 0.3) is 0 Å². The molecule has 2 rings (SSSR count). The van der Waals surface area contributed by atoms with Crippen LogP contribution in [0.1, 0.15) is 65.9 Å². The van der Waals surface area contributed by atoms with Gasteiger partial charge in [-0.05, 0) is 68.6 Å². The highest BCUT2D eigenvalue weighted by molar-refractivity contribution is 7.90. The van der Waals surface area contributed by atoms with E-state index in [-0.39, 0.29) is 16.7 Å². The second-order valence-corrected chi connectivity index (χ2v) is 10.9. The van der Waals surface area contributed by atoms with Gasteiger partial charge in [0, 0.05) is 18.3 Å². The van der Waals surface area contributed by atoms with Gasteiger partial charge in [-0.1, -0.05) is 32.9 Å². The van der Waals surface area contributed by atoms with E-state index in [1.807, 2.05) is 0 Å². The fourth-order valence-corrected chi connectivity index (χ4v) is 4.18. The average molecular weight is 367 g/mol. The monoisotopic (exact) mass is 366 g/mol. The van der Waals surface area contributed by atoms with Gasteiger partial charge in [0.2, 0.25) is 10.0 Å². The molecule has 0 amide bonds. The summed E-state index contributed by atoms with van der Waals surface area (Å²) >= 11 is 0. The number of anilines is 1. The number of benzene rings is 1. The largest absolute Gasteiger partial charge is 0.385 e. The molecule has 2 N–H and O–H groups in total. The zero-order valence-corrected chi connectivity index (χ0v) is 17.1. The Bertz CT molecular complexity index is 637. The van der Waals surface area contributed by atoms with E-state index in [1.165, 1.54) is 5.56 Å². The van der Waals surface area contributed by atoms with Crippen molar-refractivity contribution in [2.45, 2.75) is 77.0 Å². The first-order chi connectivity index (χ1) is 11.6. The molecule has 0 radical (unpaired) electrons. The summed E-state index contributed by atoms with van der Waals surface area (Å²) in [6.07, 6.45) is 4.00. The van der Waals surface area contributed by atoms with E-state index in [1.54, 1.807) is 13.8 Å². The maximum Gasteiger partial charge on any atom is 0.214 e. The molecule has 0 aromatic heterocycles. The van der Waals surface area contributed by atoms with Crippen LogP contribution in [0.5, 0.6) is 0 Å². The van der Waals surface area contributed by atoms with E-state index in [4.69, 9.17) is 0 Å². The second kappa shape index (κ2) is 8.09. The Morgan fingerprint density at radius 2 is 1.60 bits per heavy atom. The molecule has 0 aliphatic heterocycles. The molecule has 0 bridgehead atoms. The maximum atomic E-state index is 12.0. The molecule has 1 saturated carbocycles. The molecule has 142 valence electrons. The Balaban J connectivity index is 1.77. The molecule has 4 nitrogen and oxygen atoms in total. The molecule has 0 unspecified atom stereocenters. The number of sulfonamides is 1. The Hall–Kier alpha value is -1.07. The predicted octanol–water partition coefficient (Wildman–Crippen LogP) is 4.28. The number of rotatable bonds is 6. The smallest absolute Gasteiger partial charge is 0.214 e. The highest BCUT2D eigenvalue weighted by Gasteiger charge is 2.26. The van der Waals surface area contributed by atoms with E-state index in [2.05, 4.69) is 55.1 Å². The first-order valence-electron chi connectivity index (χ1n) is 9.43. The predicted molar refractivity (Wildman–Crippen MR) is 107 cm³/mol. The average Bonchev–Trinajstić information content (AvgIpc) is 2.53. The van der Waals surface area contributed by atoms with Crippen molar-refractivity contribution in [1.29, 1.82) is 0 Å². The summed E-state index contributed by atoms with van der Waals surface area (Å²) in [6.45, 7) is 11.1. The molecular weight excluding hydrogens is 332 g/mol. The first-order valence-corrected chi connectivity index (χ1v) is 11.0. The van der Waals surface area contributed by atoms with Crippen LogP contribution in [0, 0.1) is 5.92 Å². The van der Waals surface area contributed by atoms with Crippen molar-refractivity contribution in [2.75, 3.05) is 11.9 Å². The van der Waals surface area contributed by atoms with Crippen molar-refractivity contribution in [3.8, 4) is 0 Å². The van der Waals surface area contributed by atoms with Crippen LogP contribution in [0.2, 0.25) is 0 Å². The molecule has 25 heavy (non-hydrogen) atoms. The Morgan fingerprint density at radius 3 is 2.08 bits per heavy atom. The van der Waals surface area contributed by atoms with Gasteiger partial charge in [-0.2, -0.15) is 0 Å². The van der Waals surface area contributed by atoms with E-state index in [9.17, 15) is 8.42 Å². The normalized spacial score (nSPS) is 22.2. The molecule has 0 atom stereocenters. The molecule has 1 aromatic rings. The van der Waals surface area contributed by atoms with Crippen molar-refractivity contribution >= 4 is 15.7 Å². The van der Waals surface area contributed by atoms with Crippen LogP contribution in [-0.4, -0.2) is 26.3 Å². The maximum absolute atomic E-state index is 12.0. The van der Waals surface area contributed by atoms with Gasteiger partial charge in [0.05, 0.1) is 5.25 Å².